The van der Waals surface area contributed by atoms with E-state index in [0.29, 0.717) is 18.4 Å². The number of piperidine rings is 1. The van der Waals surface area contributed by atoms with Crippen LogP contribution in [0.5, 0.6) is 0 Å². The van der Waals surface area contributed by atoms with E-state index in [0.717, 1.165) is 36.1 Å². The van der Waals surface area contributed by atoms with Crippen molar-refractivity contribution >= 4 is 39.2 Å². The Labute approximate surface area is 186 Å². The van der Waals surface area contributed by atoms with Gasteiger partial charge in [0.05, 0.1) is 5.69 Å². The molecule has 1 fully saturated rings. The van der Waals surface area contributed by atoms with Crippen molar-refractivity contribution in [1.29, 1.82) is 0 Å². The average molecular weight is 471 g/mol. The van der Waals surface area contributed by atoms with Gasteiger partial charge in [0, 0.05) is 52.9 Å². The van der Waals surface area contributed by atoms with E-state index in [9.17, 15) is 4.79 Å². The van der Waals surface area contributed by atoms with Crippen LogP contribution in [0.2, 0.25) is 0 Å². The first kappa shape index (κ1) is 19.7. The summed E-state index contributed by atoms with van der Waals surface area (Å²) in [5.74, 6) is 2.12. The molecule has 0 saturated carbocycles. The van der Waals surface area contributed by atoms with E-state index in [1.54, 1.807) is 5.56 Å². The van der Waals surface area contributed by atoms with Crippen LogP contribution < -0.4 is 4.90 Å². The van der Waals surface area contributed by atoms with Crippen LogP contribution in [0.15, 0.2) is 51.8 Å². The summed E-state index contributed by atoms with van der Waals surface area (Å²) in [5.41, 5.74) is 3.93. The average Bonchev–Trinajstić information content (AvgIpc) is 2.89. The molecule has 0 N–H and O–H groups in total. The maximum absolute atomic E-state index is 12.5. The minimum atomic E-state index is 0.258. The predicted octanol–water partition coefficient (Wildman–Crippen LogP) is 5.59. The van der Waals surface area contributed by atoms with Crippen molar-refractivity contribution in [3.05, 3.63) is 58.1 Å². The Kier molecular flexibility index (Phi) is 5.72. The molecule has 5 rings (SSSR count). The van der Waals surface area contributed by atoms with E-state index in [2.05, 4.69) is 43.9 Å². The van der Waals surface area contributed by atoms with Gasteiger partial charge in [-0.05, 0) is 55.3 Å². The molecule has 2 atom stereocenters. The van der Waals surface area contributed by atoms with Gasteiger partial charge in [0.15, 0.2) is 5.78 Å². The summed E-state index contributed by atoms with van der Waals surface area (Å²) in [6, 6.07) is 15.3. The number of hydrogen-bond acceptors (Lipinski definition) is 4. The van der Waals surface area contributed by atoms with Gasteiger partial charge >= 0.3 is 0 Å². The number of carbonyl (C=O) groups excluding carboxylic acids is 1. The van der Waals surface area contributed by atoms with Crippen molar-refractivity contribution < 1.29 is 4.79 Å². The summed E-state index contributed by atoms with van der Waals surface area (Å²) in [6.45, 7) is 4.52. The summed E-state index contributed by atoms with van der Waals surface area (Å²) in [5, 5.41) is 0. The van der Waals surface area contributed by atoms with E-state index in [1.807, 2.05) is 36.0 Å². The van der Waals surface area contributed by atoms with E-state index < -0.39 is 0 Å². The zero-order valence-electron chi connectivity index (χ0n) is 16.6. The summed E-state index contributed by atoms with van der Waals surface area (Å²) >= 11 is 5.47. The lowest BCUT2D eigenvalue weighted by Gasteiger charge is -2.39. The second-order valence-corrected chi connectivity index (χ2v) is 10.4. The molecule has 29 heavy (non-hydrogen) atoms. The third kappa shape index (κ3) is 3.89. The first-order valence-corrected chi connectivity index (χ1v) is 12.5. The lowest BCUT2D eigenvalue weighted by molar-refractivity contribution is 0.0971. The normalized spacial score (nSPS) is 23.4. The summed E-state index contributed by atoms with van der Waals surface area (Å²) in [4.78, 5) is 19.3. The zero-order valence-corrected chi connectivity index (χ0v) is 19.1. The van der Waals surface area contributed by atoms with Crippen LogP contribution in [0.3, 0.4) is 0 Å². The Balaban J connectivity index is 1.22. The number of ketones is 1. The van der Waals surface area contributed by atoms with Crippen molar-refractivity contribution in [3.8, 4) is 0 Å². The molecule has 0 aromatic heterocycles. The van der Waals surface area contributed by atoms with Crippen molar-refractivity contribution in [3.63, 3.8) is 0 Å². The number of benzene rings is 2. The van der Waals surface area contributed by atoms with Crippen molar-refractivity contribution in [2.24, 2.45) is 0 Å². The molecular formula is C24H27BrN2OS. The molecule has 0 amide bonds. The maximum Gasteiger partial charge on any atom is 0.162 e. The van der Waals surface area contributed by atoms with Gasteiger partial charge in [-0.25, -0.2) is 0 Å². The van der Waals surface area contributed by atoms with E-state index in [-0.39, 0.29) is 5.78 Å². The molecule has 0 unspecified atom stereocenters. The fourth-order valence-corrected chi connectivity index (χ4v) is 6.56. The van der Waals surface area contributed by atoms with Crippen LogP contribution in [0, 0.1) is 0 Å². The number of para-hydroxylation sites is 1. The fourth-order valence-electron chi connectivity index (χ4n) is 5.26. The van der Waals surface area contributed by atoms with Crippen LogP contribution in [-0.2, 0) is 0 Å². The second-order valence-electron chi connectivity index (χ2n) is 8.39. The van der Waals surface area contributed by atoms with Gasteiger partial charge in [-0.15, -0.1) is 11.8 Å². The Hall–Kier alpha value is -1.30. The summed E-state index contributed by atoms with van der Waals surface area (Å²) < 4.78 is 1.02. The minimum absolute atomic E-state index is 0.258. The third-order valence-corrected chi connectivity index (χ3v) is 8.28. The number of carbonyl (C=O) groups is 1. The molecule has 3 heterocycles. The highest BCUT2D eigenvalue weighted by molar-refractivity contribution is 9.10. The van der Waals surface area contributed by atoms with Crippen LogP contribution in [0.4, 0.5) is 5.69 Å². The number of fused-ring (bicyclic) bond motifs is 3. The third-order valence-electron chi connectivity index (χ3n) is 6.62. The Morgan fingerprint density at radius 3 is 2.86 bits per heavy atom. The smallest absolute Gasteiger partial charge is 0.162 e. The standard InChI is InChI=1S/C24H27BrN2OS/c25-18-9-7-17(8-10-18)22(28)5-2-12-26-14-11-21-20(16-26)19-4-1-6-23-24(19)27(21)13-3-15-29-23/h1,4,6-10,20-21H,2-3,5,11-16H2/t20-,21-/m1/s1. The number of anilines is 1. The Bertz CT molecular complexity index is 900. The van der Waals surface area contributed by atoms with Gasteiger partial charge in [0.25, 0.3) is 0 Å². The van der Waals surface area contributed by atoms with Crippen molar-refractivity contribution in [1.82, 2.24) is 4.90 Å². The first-order chi connectivity index (χ1) is 14.2. The molecule has 2 aromatic rings. The Morgan fingerprint density at radius 1 is 1.14 bits per heavy atom. The highest BCUT2D eigenvalue weighted by Gasteiger charge is 2.43. The lowest BCUT2D eigenvalue weighted by Crippen LogP contribution is -2.46. The monoisotopic (exact) mass is 470 g/mol. The zero-order chi connectivity index (χ0) is 19.8. The molecule has 152 valence electrons. The summed E-state index contributed by atoms with van der Waals surface area (Å²) in [6.07, 6.45) is 4.10. The fraction of sp³-hybridized carbons (Fsp3) is 0.458. The number of Topliss-reactive ketones (excluding diaryl/α,β-unsaturated/α-hetero) is 1. The molecule has 5 heteroatoms. The first-order valence-electron chi connectivity index (χ1n) is 10.7. The Morgan fingerprint density at radius 2 is 2.00 bits per heavy atom. The maximum atomic E-state index is 12.5. The largest absolute Gasteiger partial charge is 0.367 e. The number of nitrogens with zero attached hydrogens (tertiary/aromatic N) is 2. The number of hydrogen-bond donors (Lipinski definition) is 0. The van der Waals surface area contributed by atoms with Crippen LogP contribution in [0.1, 0.15) is 47.5 Å². The summed E-state index contributed by atoms with van der Waals surface area (Å²) in [7, 11) is 0. The quantitative estimate of drug-likeness (QED) is 0.531. The number of thioether (sulfide) groups is 1. The van der Waals surface area contributed by atoms with Gasteiger partial charge in [-0.3, -0.25) is 4.79 Å². The molecule has 0 radical (unpaired) electrons. The van der Waals surface area contributed by atoms with E-state index in [4.69, 9.17) is 0 Å². The van der Waals surface area contributed by atoms with Crippen LogP contribution in [0.25, 0.3) is 0 Å². The molecular weight excluding hydrogens is 444 g/mol. The SMILES string of the molecule is O=C(CCCN1CC[C@@H]2[C@H](C1)c1cccc3c1N2CCCS3)c1ccc(Br)cc1. The van der Waals surface area contributed by atoms with Gasteiger partial charge in [0.1, 0.15) is 0 Å². The minimum Gasteiger partial charge on any atom is -0.367 e. The second kappa shape index (κ2) is 8.44. The van der Waals surface area contributed by atoms with Crippen molar-refractivity contribution in [2.75, 3.05) is 36.8 Å². The number of likely N-dealkylation sites (tertiary alicyclic amines) is 1. The molecule has 0 bridgehead atoms. The lowest BCUT2D eigenvalue weighted by atomic mass is 9.89. The van der Waals surface area contributed by atoms with Crippen molar-refractivity contribution in [2.45, 2.75) is 42.5 Å². The highest BCUT2D eigenvalue weighted by atomic mass is 79.9. The molecule has 0 aliphatic carbocycles. The van der Waals surface area contributed by atoms with Gasteiger partial charge in [-0.2, -0.15) is 0 Å². The molecule has 3 aliphatic rings. The number of halogens is 1. The van der Waals surface area contributed by atoms with Crippen LogP contribution in [-0.4, -0.2) is 48.7 Å². The molecule has 3 nitrogen and oxygen atoms in total. The topological polar surface area (TPSA) is 23.6 Å². The highest BCUT2D eigenvalue weighted by Crippen LogP contribution is 2.50. The van der Waals surface area contributed by atoms with Crippen LogP contribution >= 0.6 is 27.7 Å². The molecule has 1 saturated heterocycles. The van der Waals surface area contributed by atoms with E-state index in [1.165, 1.54) is 35.7 Å². The van der Waals surface area contributed by atoms with E-state index >= 15 is 0 Å². The molecule has 2 aromatic carbocycles. The molecule has 0 spiro atoms. The van der Waals surface area contributed by atoms with Gasteiger partial charge in [-0.1, -0.05) is 40.2 Å². The van der Waals surface area contributed by atoms with Gasteiger partial charge < -0.3 is 9.80 Å². The predicted molar refractivity (Wildman–Crippen MR) is 124 cm³/mol. The number of rotatable bonds is 5. The molecule has 3 aliphatic heterocycles. The van der Waals surface area contributed by atoms with Gasteiger partial charge in [0.2, 0.25) is 0 Å².